The SMILES string of the molecule is N[C@@H]1CCCC[C@H]1NC(=O)C1CCCCS1. The zero-order valence-corrected chi connectivity index (χ0v) is 10.6. The molecule has 1 heterocycles. The first-order chi connectivity index (χ1) is 7.77. The van der Waals surface area contributed by atoms with Crippen LogP contribution in [-0.4, -0.2) is 29.0 Å². The molecule has 1 unspecified atom stereocenters. The average Bonchev–Trinajstić information content (AvgIpc) is 2.33. The first kappa shape index (κ1) is 12.2. The second-order valence-electron chi connectivity index (χ2n) is 4.92. The second kappa shape index (κ2) is 5.92. The predicted octanol–water partition coefficient (Wildman–Crippen LogP) is 1.66. The Morgan fingerprint density at radius 3 is 2.56 bits per heavy atom. The molecule has 2 rings (SSSR count). The number of hydrogen-bond acceptors (Lipinski definition) is 3. The largest absolute Gasteiger partial charge is 0.351 e. The van der Waals surface area contributed by atoms with Crippen molar-refractivity contribution < 1.29 is 4.79 Å². The van der Waals surface area contributed by atoms with Crippen LogP contribution in [0.2, 0.25) is 0 Å². The molecule has 4 heteroatoms. The van der Waals surface area contributed by atoms with E-state index in [1.165, 1.54) is 25.7 Å². The Morgan fingerprint density at radius 2 is 1.88 bits per heavy atom. The lowest BCUT2D eigenvalue weighted by Crippen LogP contribution is -2.51. The van der Waals surface area contributed by atoms with Gasteiger partial charge in [-0.25, -0.2) is 0 Å². The van der Waals surface area contributed by atoms with Crippen LogP contribution in [0.15, 0.2) is 0 Å². The molecule has 0 spiro atoms. The molecule has 3 nitrogen and oxygen atoms in total. The van der Waals surface area contributed by atoms with E-state index in [0.717, 1.165) is 25.0 Å². The van der Waals surface area contributed by atoms with Crippen LogP contribution in [0.5, 0.6) is 0 Å². The van der Waals surface area contributed by atoms with Crippen molar-refractivity contribution in [2.24, 2.45) is 5.73 Å². The summed E-state index contributed by atoms with van der Waals surface area (Å²) >= 11 is 1.81. The van der Waals surface area contributed by atoms with Gasteiger partial charge in [-0.1, -0.05) is 19.3 Å². The molecule has 3 atom stereocenters. The fourth-order valence-electron chi connectivity index (χ4n) is 2.56. The molecule has 3 N–H and O–H groups in total. The Labute approximate surface area is 102 Å². The summed E-state index contributed by atoms with van der Waals surface area (Å²) in [6.07, 6.45) is 8.03. The van der Waals surface area contributed by atoms with Crippen molar-refractivity contribution in [2.75, 3.05) is 5.75 Å². The minimum absolute atomic E-state index is 0.172. The van der Waals surface area contributed by atoms with Crippen molar-refractivity contribution in [1.29, 1.82) is 0 Å². The van der Waals surface area contributed by atoms with E-state index >= 15 is 0 Å². The van der Waals surface area contributed by atoms with Crippen molar-refractivity contribution >= 4 is 17.7 Å². The summed E-state index contributed by atoms with van der Waals surface area (Å²) in [6, 6.07) is 0.398. The van der Waals surface area contributed by atoms with Crippen molar-refractivity contribution in [2.45, 2.75) is 62.3 Å². The topological polar surface area (TPSA) is 55.1 Å². The molecule has 92 valence electrons. The van der Waals surface area contributed by atoms with Crippen LogP contribution in [0.4, 0.5) is 0 Å². The zero-order valence-electron chi connectivity index (χ0n) is 9.78. The molecule has 0 radical (unpaired) electrons. The zero-order chi connectivity index (χ0) is 11.4. The number of amides is 1. The van der Waals surface area contributed by atoms with Gasteiger partial charge in [-0.2, -0.15) is 0 Å². The van der Waals surface area contributed by atoms with Gasteiger partial charge in [0.15, 0.2) is 0 Å². The second-order valence-corrected chi connectivity index (χ2v) is 6.23. The number of rotatable bonds is 2. The number of hydrogen-bond donors (Lipinski definition) is 2. The van der Waals surface area contributed by atoms with Crippen LogP contribution >= 0.6 is 11.8 Å². The van der Waals surface area contributed by atoms with E-state index in [9.17, 15) is 4.79 Å². The lowest BCUT2D eigenvalue weighted by atomic mass is 9.91. The third-order valence-corrected chi connectivity index (χ3v) is 5.00. The van der Waals surface area contributed by atoms with Gasteiger partial charge in [0.05, 0.1) is 5.25 Å². The molecule has 0 bridgehead atoms. The highest BCUT2D eigenvalue weighted by molar-refractivity contribution is 8.00. The summed E-state index contributed by atoms with van der Waals surface area (Å²) in [5, 5.41) is 3.34. The molecule has 2 aliphatic rings. The molecule has 1 amide bonds. The summed E-state index contributed by atoms with van der Waals surface area (Å²) in [5.74, 6) is 1.36. The van der Waals surface area contributed by atoms with E-state index in [0.29, 0.717) is 0 Å². The fourth-order valence-corrected chi connectivity index (χ4v) is 3.77. The molecule has 1 aliphatic carbocycles. The number of thioether (sulfide) groups is 1. The standard InChI is InChI=1S/C12H22N2OS/c13-9-5-1-2-6-10(9)14-12(15)11-7-3-4-8-16-11/h9-11H,1-8,13H2,(H,14,15)/t9-,10-,11?/m1/s1. The third-order valence-electron chi connectivity index (χ3n) is 3.62. The van der Waals surface area contributed by atoms with Gasteiger partial charge in [-0.3, -0.25) is 4.79 Å². The molecule has 1 saturated carbocycles. The maximum absolute atomic E-state index is 12.0. The van der Waals surface area contributed by atoms with Gasteiger partial charge in [0.2, 0.25) is 5.91 Å². The monoisotopic (exact) mass is 242 g/mol. The van der Waals surface area contributed by atoms with Gasteiger partial charge in [0.1, 0.15) is 0 Å². The van der Waals surface area contributed by atoms with E-state index in [2.05, 4.69) is 5.32 Å². The molecule has 0 aromatic carbocycles. The third kappa shape index (κ3) is 3.14. The van der Waals surface area contributed by atoms with Crippen LogP contribution in [0.3, 0.4) is 0 Å². The predicted molar refractivity (Wildman–Crippen MR) is 68.5 cm³/mol. The first-order valence-electron chi connectivity index (χ1n) is 6.45. The van der Waals surface area contributed by atoms with Crippen LogP contribution in [0.1, 0.15) is 44.9 Å². The normalized spacial score (nSPS) is 35.7. The van der Waals surface area contributed by atoms with Gasteiger partial charge in [-0.05, 0) is 31.4 Å². The van der Waals surface area contributed by atoms with E-state index in [4.69, 9.17) is 5.73 Å². The molecular formula is C12H22N2OS. The number of carbonyl (C=O) groups excluding carboxylic acids is 1. The summed E-state index contributed by atoms with van der Waals surface area (Å²) in [4.78, 5) is 12.0. The lowest BCUT2D eigenvalue weighted by Gasteiger charge is -2.31. The van der Waals surface area contributed by atoms with E-state index in [1.54, 1.807) is 0 Å². The van der Waals surface area contributed by atoms with E-state index in [1.807, 2.05) is 11.8 Å². The lowest BCUT2D eigenvalue weighted by molar-refractivity contribution is -0.121. The quantitative estimate of drug-likeness (QED) is 0.774. The molecule has 0 aromatic heterocycles. The van der Waals surface area contributed by atoms with Gasteiger partial charge >= 0.3 is 0 Å². The molecule has 0 aromatic rings. The smallest absolute Gasteiger partial charge is 0.233 e. The molecule has 16 heavy (non-hydrogen) atoms. The van der Waals surface area contributed by atoms with Crippen LogP contribution in [0.25, 0.3) is 0 Å². The van der Waals surface area contributed by atoms with Crippen molar-refractivity contribution in [3.8, 4) is 0 Å². The molecule has 2 fully saturated rings. The van der Waals surface area contributed by atoms with Crippen LogP contribution in [0, 0.1) is 0 Å². The van der Waals surface area contributed by atoms with Crippen LogP contribution < -0.4 is 11.1 Å². The Kier molecular flexibility index (Phi) is 4.53. The van der Waals surface area contributed by atoms with Gasteiger partial charge < -0.3 is 11.1 Å². The summed E-state index contributed by atoms with van der Waals surface area (Å²) in [6.45, 7) is 0. The maximum Gasteiger partial charge on any atom is 0.233 e. The molecular weight excluding hydrogens is 220 g/mol. The van der Waals surface area contributed by atoms with E-state index < -0.39 is 0 Å². The van der Waals surface area contributed by atoms with E-state index in [-0.39, 0.29) is 23.2 Å². The van der Waals surface area contributed by atoms with Gasteiger partial charge in [0, 0.05) is 12.1 Å². The minimum Gasteiger partial charge on any atom is -0.351 e. The Morgan fingerprint density at radius 1 is 1.12 bits per heavy atom. The van der Waals surface area contributed by atoms with Crippen LogP contribution in [-0.2, 0) is 4.79 Å². The maximum atomic E-state index is 12.0. The Balaban J connectivity index is 1.80. The highest BCUT2D eigenvalue weighted by Crippen LogP contribution is 2.26. The number of nitrogens with two attached hydrogens (primary N) is 1. The Hall–Kier alpha value is -0.220. The first-order valence-corrected chi connectivity index (χ1v) is 7.50. The highest BCUT2D eigenvalue weighted by atomic mass is 32.2. The van der Waals surface area contributed by atoms with Crippen molar-refractivity contribution in [1.82, 2.24) is 5.32 Å². The molecule has 1 aliphatic heterocycles. The average molecular weight is 242 g/mol. The Bertz CT molecular complexity index is 241. The summed E-state index contributed by atoms with van der Waals surface area (Å²) < 4.78 is 0. The van der Waals surface area contributed by atoms with Crippen molar-refractivity contribution in [3.05, 3.63) is 0 Å². The number of carbonyl (C=O) groups is 1. The fraction of sp³-hybridized carbons (Fsp3) is 0.917. The van der Waals surface area contributed by atoms with Gasteiger partial charge in [-0.15, -0.1) is 11.8 Å². The van der Waals surface area contributed by atoms with Gasteiger partial charge in [0.25, 0.3) is 0 Å². The van der Waals surface area contributed by atoms with Crippen molar-refractivity contribution in [3.63, 3.8) is 0 Å². The summed E-state index contributed by atoms with van der Waals surface area (Å²) in [5.41, 5.74) is 6.04. The highest BCUT2D eigenvalue weighted by Gasteiger charge is 2.27. The summed E-state index contributed by atoms with van der Waals surface area (Å²) in [7, 11) is 0. The number of nitrogens with one attached hydrogen (secondary N) is 1. The molecule has 1 saturated heterocycles. The minimum atomic E-state index is 0.172.